The molecule has 2 heteroatoms. The van der Waals surface area contributed by atoms with Crippen molar-refractivity contribution in [2.45, 2.75) is 63.5 Å². The first-order chi connectivity index (χ1) is 14.3. The van der Waals surface area contributed by atoms with E-state index in [9.17, 15) is 0 Å². The first-order valence-electron chi connectivity index (χ1n) is 11.3. The smallest absolute Gasteiger partial charge is 0.0549 e. The molecule has 0 radical (unpaired) electrons. The van der Waals surface area contributed by atoms with Crippen LogP contribution in [0.5, 0.6) is 0 Å². The van der Waals surface area contributed by atoms with Crippen LogP contribution in [0, 0.1) is 5.92 Å². The number of halogens is 1. The molecule has 0 bridgehead atoms. The molecule has 1 aliphatic heterocycles. The summed E-state index contributed by atoms with van der Waals surface area (Å²) in [6.45, 7) is 0. The van der Waals surface area contributed by atoms with Crippen LogP contribution in [-0.2, 0) is 0 Å². The Bertz CT molecular complexity index is 1010. The lowest BCUT2D eigenvalue weighted by atomic mass is 9.67. The number of rotatable bonds is 1. The molecule has 0 aromatic heterocycles. The molecule has 0 aromatic carbocycles. The van der Waals surface area contributed by atoms with Crippen molar-refractivity contribution in [3.8, 4) is 0 Å². The van der Waals surface area contributed by atoms with Gasteiger partial charge < -0.3 is 0 Å². The van der Waals surface area contributed by atoms with Gasteiger partial charge in [-0.3, -0.25) is 5.32 Å². The van der Waals surface area contributed by atoms with E-state index in [1.165, 1.54) is 54.2 Å². The summed E-state index contributed by atoms with van der Waals surface area (Å²) < 4.78 is 1.24. The Morgan fingerprint density at radius 3 is 2.72 bits per heavy atom. The maximum atomic E-state index is 4.16. The molecule has 3 unspecified atom stereocenters. The van der Waals surface area contributed by atoms with Gasteiger partial charge in [0.2, 0.25) is 0 Å². The van der Waals surface area contributed by atoms with Crippen molar-refractivity contribution in [3.63, 3.8) is 0 Å². The average molecular weight is 446 g/mol. The molecule has 0 aromatic rings. The van der Waals surface area contributed by atoms with Crippen LogP contribution in [0.15, 0.2) is 92.1 Å². The normalized spacial score (nSPS) is 33.1. The van der Waals surface area contributed by atoms with Gasteiger partial charge in [-0.15, -0.1) is 0 Å². The summed E-state index contributed by atoms with van der Waals surface area (Å²) in [7, 11) is 0. The monoisotopic (exact) mass is 445 g/mol. The molecule has 6 aliphatic rings. The first kappa shape index (κ1) is 18.2. The zero-order valence-electron chi connectivity index (χ0n) is 16.9. The van der Waals surface area contributed by atoms with Gasteiger partial charge in [0.05, 0.1) is 6.04 Å². The molecule has 0 fully saturated rings. The van der Waals surface area contributed by atoms with E-state index >= 15 is 0 Å². The van der Waals surface area contributed by atoms with Gasteiger partial charge in [0.25, 0.3) is 0 Å². The van der Waals surface area contributed by atoms with E-state index in [0.717, 1.165) is 12.8 Å². The summed E-state index contributed by atoms with van der Waals surface area (Å²) in [6, 6.07) is 0.802. The highest BCUT2D eigenvalue weighted by atomic mass is 79.9. The van der Waals surface area contributed by atoms with Gasteiger partial charge in [-0.1, -0.05) is 58.5 Å². The second-order valence-electron chi connectivity index (χ2n) is 9.14. The Kier molecular flexibility index (Phi) is 4.54. The Labute approximate surface area is 182 Å². The number of fused-ring (bicyclic) bond motifs is 4. The number of nitrogens with one attached hydrogen (secondary N) is 1. The van der Waals surface area contributed by atoms with Crippen LogP contribution in [0.25, 0.3) is 0 Å². The molecule has 6 rings (SSSR count). The molecule has 1 nitrogen and oxygen atoms in total. The van der Waals surface area contributed by atoms with Crippen molar-refractivity contribution < 1.29 is 0 Å². The van der Waals surface area contributed by atoms with Gasteiger partial charge in [0, 0.05) is 16.4 Å². The van der Waals surface area contributed by atoms with Gasteiger partial charge in [0.1, 0.15) is 0 Å². The summed E-state index contributed by atoms with van der Waals surface area (Å²) in [5, 5.41) is 4.16. The van der Waals surface area contributed by atoms with E-state index in [1.807, 2.05) is 0 Å². The molecule has 3 atom stereocenters. The van der Waals surface area contributed by atoms with Gasteiger partial charge in [-0.05, 0) is 96.5 Å². The standard InChI is InChI=1S/C27H28BrN/c28-20-9-5-8-19(16-20)25-23-14-12-17-6-1-3-10-21(17)26(23)29-27-22-11-4-2-7-18(22)13-15-24(25)27/h3,9-10,12-16,23,26-27,29H,1-2,4-8,11H2. The third-order valence-electron chi connectivity index (χ3n) is 7.53. The summed E-state index contributed by atoms with van der Waals surface area (Å²) in [5.74, 6) is 0.433. The topological polar surface area (TPSA) is 12.0 Å². The zero-order valence-corrected chi connectivity index (χ0v) is 18.5. The predicted molar refractivity (Wildman–Crippen MR) is 125 cm³/mol. The molecular weight excluding hydrogens is 418 g/mol. The van der Waals surface area contributed by atoms with E-state index in [4.69, 9.17) is 0 Å². The second kappa shape index (κ2) is 7.25. The molecule has 0 spiro atoms. The number of hydrogen-bond acceptors (Lipinski definition) is 1. The summed E-state index contributed by atoms with van der Waals surface area (Å²) in [4.78, 5) is 0. The second-order valence-corrected chi connectivity index (χ2v) is 10.1. The van der Waals surface area contributed by atoms with Crippen molar-refractivity contribution in [3.05, 3.63) is 92.1 Å². The predicted octanol–water partition coefficient (Wildman–Crippen LogP) is 6.90. The summed E-state index contributed by atoms with van der Waals surface area (Å²) in [5.41, 5.74) is 11.0. The van der Waals surface area contributed by atoms with E-state index in [0.29, 0.717) is 18.0 Å². The van der Waals surface area contributed by atoms with Crippen LogP contribution < -0.4 is 5.32 Å². The minimum atomic E-state index is 0.396. The Morgan fingerprint density at radius 2 is 1.79 bits per heavy atom. The first-order valence-corrected chi connectivity index (χ1v) is 12.1. The number of hydrogen-bond donors (Lipinski definition) is 1. The average Bonchev–Trinajstić information content (AvgIpc) is 2.77. The molecule has 148 valence electrons. The Hall–Kier alpha value is -1.64. The fraction of sp³-hybridized carbons (Fsp3) is 0.407. The highest BCUT2D eigenvalue weighted by molar-refractivity contribution is 9.11. The van der Waals surface area contributed by atoms with Crippen LogP contribution in [0.4, 0.5) is 0 Å². The summed E-state index contributed by atoms with van der Waals surface area (Å²) >= 11 is 3.76. The third kappa shape index (κ3) is 2.99. The molecule has 0 amide bonds. The van der Waals surface area contributed by atoms with Gasteiger partial charge in [0.15, 0.2) is 0 Å². The maximum Gasteiger partial charge on any atom is 0.0549 e. The minimum absolute atomic E-state index is 0.396. The maximum absolute atomic E-state index is 4.16. The highest BCUT2D eigenvalue weighted by Gasteiger charge is 2.41. The van der Waals surface area contributed by atoms with Crippen LogP contribution in [-0.4, -0.2) is 12.1 Å². The molecule has 0 saturated heterocycles. The SMILES string of the molecule is BrC1=CCCC(C2=C3C=CC4=C(CCCC4)C3NC3C4=C(C=CC23)CCC=C4)=C1. The molecule has 29 heavy (non-hydrogen) atoms. The lowest BCUT2D eigenvalue weighted by Crippen LogP contribution is -2.52. The van der Waals surface area contributed by atoms with E-state index in [1.54, 1.807) is 27.9 Å². The highest BCUT2D eigenvalue weighted by Crippen LogP contribution is 2.47. The molecule has 5 aliphatic carbocycles. The van der Waals surface area contributed by atoms with Gasteiger partial charge >= 0.3 is 0 Å². The Balaban J connectivity index is 1.53. The quantitative estimate of drug-likeness (QED) is 0.462. The third-order valence-corrected chi connectivity index (χ3v) is 8.08. The fourth-order valence-corrected chi connectivity index (χ4v) is 6.70. The van der Waals surface area contributed by atoms with Crippen molar-refractivity contribution >= 4 is 15.9 Å². The fourth-order valence-electron chi connectivity index (χ4n) is 6.19. The van der Waals surface area contributed by atoms with Crippen molar-refractivity contribution in [2.24, 2.45) is 5.92 Å². The van der Waals surface area contributed by atoms with Gasteiger partial charge in [-0.25, -0.2) is 0 Å². The molecular formula is C27H28BrN. The van der Waals surface area contributed by atoms with Crippen LogP contribution >= 0.6 is 15.9 Å². The van der Waals surface area contributed by atoms with Crippen molar-refractivity contribution in [2.75, 3.05) is 0 Å². The lowest BCUT2D eigenvalue weighted by Gasteiger charge is -2.46. The molecule has 0 saturated carbocycles. The summed E-state index contributed by atoms with van der Waals surface area (Å²) in [6.07, 6.45) is 29.2. The van der Waals surface area contributed by atoms with Gasteiger partial charge in [-0.2, -0.15) is 0 Å². The largest absolute Gasteiger partial charge is 0.299 e. The molecule has 1 N–H and O–H groups in total. The molecule has 1 heterocycles. The van der Waals surface area contributed by atoms with Crippen molar-refractivity contribution in [1.29, 1.82) is 0 Å². The lowest BCUT2D eigenvalue weighted by molar-refractivity contribution is 0.424. The van der Waals surface area contributed by atoms with Crippen LogP contribution in [0.3, 0.4) is 0 Å². The minimum Gasteiger partial charge on any atom is -0.299 e. The zero-order chi connectivity index (χ0) is 19.4. The van der Waals surface area contributed by atoms with Crippen LogP contribution in [0.2, 0.25) is 0 Å². The van der Waals surface area contributed by atoms with E-state index in [2.05, 4.69) is 69.9 Å². The van der Waals surface area contributed by atoms with E-state index < -0.39 is 0 Å². The van der Waals surface area contributed by atoms with E-state index in [-0.39, 0.29) is 0 Å². The number of allylic oxidation sites excluding steroid dienone is 9. The Morgan fingerprint density at radius 1 is 0.862 bits per heavy atom. The van der Waals surface area contributed by atoms with Crippen molar-refractivity contribution in [1.82, 2.24) is 5.32 Å². The van der Waals surface area contributed by atoms with Crippen LogP contribution in [0.1, 0.15) is 51.4 Å².